The molecule has 84 valence electrons. The second-order valence-corrected chi connectivity index (χ2v) is 3.49. The van der Waals surface area contributed by atoms with Crippen LogP contribution in [0.15, 0.2) is 0 Å². The predicted molar refractivity (Wildman–Crippen MR) is 49.0 cm³/mol. The van der Waals surface area contributed by atoms with Crippen molar-refractivity contribution in [2.45, 2.75) is 32.4 Å². The number of amides is 1. The lowest BCUT2D eigenvalue weighted by Crippen LogP contribution is -2.39. The lowest BCUT2D eigenvalue weighted by Gasteiger charge is -2.18. The predicted octanol–water partition coefficient (Wildman–Crippen LogP) is -0.376. The maximum absolute atomic E-state index is 11.1. The Balaban J connectivity index is 2.69. The molecule has 1 fully saturated rings. The molecule has 0 aromatic rings. The van der Waals surface area contributed by atoms with E-state index in [9.17, 15) is 14.4 Å². The van der Waals surface area contributed by atoms with Crippen LogP contribution in [0.2, 0.25) is 0 Å². The molecular weight excluding hydrogens is 202 g/mol. The lowest BCUT2D eigenvalue weighted by molar-refractivity contribution is -0.147. The topological polar surface area (TPSA) is 83.9 Å². The number of ether oxygens (including phenoxy) is 1. The summed E-state index contributed by atoms with van der Waals surface area (Å²) in [6.45, 7) is 2.71. The van der Waals surface area contributed by atoms with Crippen LogP contribution in [-0.4, -0.2) is 46.5 Å². The number of rotatable bonds is 2. The number of likely N-dealkylation sites (tertiary alicyclic amines) is 1. The molecule has 1 aliphatic rings. The Morgan fingerprint density at radius 2 is 1.93 bits per heavy atom. The van der Waals surface area contributed by atoms with Crippen LogP contribution in [0, 0.1) is 0 Å². The van der Waals surface area contributed by atoms with Gasteiger partial charge in [0.25, 0.3) is 0 Å². The molecule has 1 amide bonds. The van der Waals surface area contributed by atoms with E-state index in [0.29, 0.717) is 0 Å². The molecule has 0 radical (unpaired) electrons. The van der Waals surface area contributed by atoms with Crippen LogP contribution in [0.3, 0.4) is 0 Å². The van der Waals surface area contributed by atoms with E-state index in [-0.39, 0.29) is 18.9 Å². The number of aliphatic carboxylic acids is 1. The fourth-order valence-electron chi connectivity index (χ4n) is 1.70. The first kappa shape index (κ1) is 11.5. The zero-order valence-corrected chi connectivity index (χ0v) is 8.60. The maximum atomic E-state index is 11.1. The van der Waals surface area contributed by atoms with Gasteiger partial charge in [0, 0.05) is 20.3 Å². The Bertz CT molecular complexity index is 279. The van der Waals surface area contributed by atoms with E-state index >= 15 is 0 Å². The monoisotopic (exact) mass is 215 g/mol. The molecule has 0 saturated carbocycles. The lowest BCUT2D eigenvalue weighted by atomic mass is 10.2. The van der Waals surface area contributed by atoms with Crippen LogP contribution in [0.4, 0.5) is 0 Å². The molecule has 1 aliphatic heterocycles. The second-order valence-electron chi connectivity index (χ2n) is 3.49. The van der Waals surface area contributed by atoms with Gasteiger partial charge in [-0.3, -0.25) is 9.59 Å². The molecule has 1 saturated heterocycles. The number of carboxylic acid groups (broad SMARTS) is 1. The highest BCUT2D eigenvalue weighted by molar-refractivity contribution is 5.83. The fraction of sp³-hybridized carbons (Fsp3) is 0.667. The Kier molecular flexibility index (Phi) is 3.28. The van der Waals surface area contributed by atoms with Crippen LogP contribution in [-0.2, 0) is 19.1 Å². The number of hydrogen-bond donors (Lipinski definition) is 1. The van der Waals surface area contributed by atoms with Crippen LogP contribution in [0.1, 0.15) is 20.3 Å². The molecule has 0 bridgehead atoms. The van der Waals surface area contributed by atoms with Gasteiger partial charge in [-0.1, -0.05) is 0 Å². The van der Waals surface area contributed by atoms with Crippen LogP contribution in [0.25, 0.3) is 0 Å². The van der Waals surface area contributed by atoms with Gasteiger partial charge in [0.2, 0.25) is 5.91 Å². The summed E-state index contributed by atoms with van der Waals surface area (Å²) in [4.78, 5) is 33.8. The first-order chi connectivity index (χ1) is 6.91. The molecule has 0 aliphatic carbocycles. The van der Waals surface area contributed by atoms with E-state index < -0.39 is 24.1 Å². The van der Waals surface area contributed by atoms with E-state index in [0.717, 1.165) is 0 Å². The zero-order chi connectivity index (χ0) is 11.6. The summed E-state index contributed by atoms with van der Waals surface area (Å²) >= 11 is 0. The van der Waals surface area contributed by atoms with Crippen molar-refractivity contribution in [3.8, 4) is 0 Å². The molecule has 2 atom stereocenters. The Morgan fingerprint density at radius 3 is 2.27 bits per heavy atom. The van der Waals surface area contributed by atoms with Gasteiger partial charge in [0.05, 0.1) is 6.54 Å². The summed E-state index contributed by atoms with van der Waals surface area (Å²) in [7, 11) is 0. The summed E-state index contributed by atoms with van der Waals surface area (Å²) in [5, 5.41) is 8.85. The van der Waals surface area contributed by atoms with Crippen molar-refractivity contribution in [1.82, 2.24) is 4.90 Å². The van der Waals surface area contributed by atoms with Crippen molar-refractivity contribution in [3.05, 3.63) is 0 Å². The number of hydrogen-bond acceptors (Lipinski definition) is 4. The number of carboxylic acids is 1. The van der Waals surface area contributed by atoms with Crippen molar-refractivity contribution < 1.29 is 24.2 Å². The van der Waals surface area contributed by atoms with E-state index in [1.807, 2.05) is 0 Å². The number of nitrogens with zero attached hydrogens (tertiary/aromatic N) is 1. The van der Waals surface area contributed by atoms with E-state index in [1.165, 1.54) is 18.7 Å². The van der Waals surface area contributed by atoms with Gasteiger partial charge >= 0.3 is 11.9 Å². The minimum atomic E-state index is -1.07. The fourth-order valence-corrected chi connectivity index (χ4v) is 1.70. The van der Waals surface area contributed by atoms with Crippen molar-refractivity contribution in [2.24, 2.45) is 0 Å². The van der Waals surface area contributed by atoms with Crippen molar-refractivity contribution in [1.29, 1.82) is 0 Å². The molecule has 6 heteroatoms. The minimum Gasteiger partial charge on any atom is -0.480 e. The highest BCUT2D eigenvalue weighted by Gasteiger charge is 2.39. The Hall–Kier alpha value is -1.59. The second kappa shape index (κ2) is 4.29. The molecule has 0 unspecified atom stereocenters. The minimum absolute atomic E-state index is 0.159. The van der Waals surface area contributed by atoms with E-state index in [1.54, 1.807) is 0 Å². The quantitative estimate of drug-likeness (QED) is 0.635. The molecule has 1 heterocycles. The maximum Gasteiger partial charge on any atom is 0.326 e. The van der Waals surface area contributed by atoms with Gasteiger partial charge in [-0.2, -0.15) is 0 Å². The first-order valence-corrected chi connectivity index (χ1v) is 4.59. The smallest absolute Gasteiger partial charge is 0.326 e. The van der Waals surface area contributed by atoms with Gasteiger partial charge in [0.1, 0.15) is 12.1 Å². The molecule has 1 rings (SSSR count). The molecule has 1 N–H and O–H groups in total. The van der Waals surface area contributed by atoms with Gasteiger partial charge in [-0.05, 0) is 0 Å². The zero-order valence-electron chi connectivity index (χ0n) is 8.60. The number of esters is 1. The third-order valence-corrected chi connectivity index (χ3v) is 2.28. The van der Waals surface area contributed by atoms with Crippen molar-refractivity contribution >= 4 is 17.8 Å². The normalized spacial score (nSPS) is 25.1. The van der Waals surface area contributed by atoms with Crippen molar-refractivity contribution in [3.63, 3.8) is 0 Å². The van der Waals surface area contributed by atoms with Crippen LogP contribution >= 0.6 is 0 Å². The molecule has 15 heavy (non-hydrogen) atoms. The average Bonchev–Trinajstić information content (AvgIpc) is 2.46. The third kappa shape index (κ3) is 2.68. The van der Waals surface area contributed by atoms with Gasteiger partial charge in [0.15, 0.2) is 0 Å². The van der Waals surface area contributed by atoms with E-state index in [2.05, 4.69) is 0 Å². The highest BCUT2D eigenvalue weighted by Crippen LogP contribution is 2.20. The summed E-state index contributed by atoms with van der Waals surface area (Å²) in [5.74, 6) is -1.86. The van der Waals surface area contributed by atoms with Crippen molar-refractivity contribution in [2.75, 3.05) is 6.54 Å². The number of carbonyl (C=O) groups is 3. The standard InChI is InChI=1S/C9H13NO5/c1-5(11)10-4-7(15-6(2)12)3-8(10)9(13)14/h7-8H,3-4H2,1-2H3,(H,13,14)/t7-,8-/m0/s1. The Morgan fingerprint density at radius 1 is 1.33 bits per heavy atom. The third-order valence-electron chi connectivity index (χ3n) is 2.28. The SMILES string of the molecule is CC(=O)O[C@H]1C[C@@H](C(=O)O)N(C(C)=O)C1. The summed E-state index contributed by atoms with van der Waals surface area (Å²) in [6.07, 6.45) is -0.346. The molecule has 0 aromatic carbocycles. The molecule has 0 aromatic heterocycles. The summed E-state index contributed by atoms with van der Waals surface area (Å²) in [5.41, 5.74) is 0. The average molecular weight is 215 g/mol. The Labute approximate surface area is 86.8 Å². The summed E-state index contributed by atoms with van der Waals surface area (Å²) in [6, 6.07) is -0.883. The van der Waals surface area contributed by atoms with Gasteiger partial charge in [-0.25, -0.2) is 4.79 Å². The largest absolute Gasteiger partial charge is 0.480 e. The first-order valence-electron chi connectivity index (χ1n) is 4.59. The number of carbonyl (C=O) groups excluding carboxylic acids is 2. The van der Waals surface area contributed by atoms with Crippen LogP contribution in [0.5, 0.6) is 0 Å². The van der Waals surface area contributed by atoms with Crippen LogP contribution < -0.4 is 0 Å². The van der Waals surface area contributed by atoms with Gasteiger partial charge in [-0.15, -0.1) is 0 Å². The van der Waals surface area contributed by atoms with Gasteiger partial charge < -0.3 is 14.7 Å². The summed E-state index contributed by atoms with van der Waals surface area (Å²) < 4.78 is 4.88. The highest BCUT2D eigenvalue weighted by atomic mass is 16.5. The molecular formula is C9H13NO5. The molecule has 6 nitrogen and oxygen atoms in total. The van der Waals surface area contributed by atoms with E-state index in [4.69, 9.17) is 9.84 Å². The molecule has 0 spiro atoms.